The van der Waals surface area contributed by atoms with Crippen molar-refractivity contribution >= 4 is 11.9 Å². The highest BCUT2D eigenvalue weighted by Crippen LogP contribution is 2.24. The number of nitrogens with zero attached hydrogens (tertiary/aromatic N) is 1. The van der Waals surface area contributed by atoms with E-state index in [0.29, 0.717) is 12.0 Å². The van der Waals surface area contributed by atoms with E-state index in [1.54, 1.807) is 12.1 Å². The average Bonchev–Trinajstić information content (AvgIpc) is 2.65. The molecule has 20 heavy (non-hydrogen) atoms. The number of nitrogens with one attached hydrogen (secondary N) is 1. The summed E-state index contributed by atoms with van der Waals surface area (Å²) in [6.07, 6.45) is 5.78. The lowest BCUT2D eigenvalue weighted by Crippen LogP contribution is -2.42. The molecular formula is C15H20N2O3. The lowest BCUT2D eigenvalue weighted by Gasteiger charge is -2.22. The zero-order chi connectivity index (χ0) is 14.5. The summed E-state index contributed by atoms with van der Waals surface area (Å²) in [5.74, 6) is -1.55. The van der Waals surface area contributed by atoms with Crippen LogP contribution in [-0.4, -0.2) is 28.0 Å². The van der Waals surface area contributed by atoms with Gasteiger partial charge in [0.2, 0.25) is 0 Å². The summed E-state index contributed by atoms with van der Waals surface area (Å²) < 4.78 is 0. The third-order valence-electron chi connectivity index (χ3n) is 3.82. The smallest absolute Gasteiger partial charge is 0.308 e. The summed E-state index contributed by atoms with van der Waals surface area (Å²) in [6.45, 7) is 1.85. The molecule has 0 bridgehead atoms. The molecule has 1 heterocycles. The zero-order valence-electron chi connectivity index (χ0n) is 11.6. The molecule has 0 aliphatic heterocycles. The normalized spacial score (nSPS) is 22.9. The largest absolute Gasteiger partial charge is 0.481 e. The number of carboxylic acid groups (broad SMARTS) is 1. The van der Waals surface area contributed by atoms with E-state index in [1.807, 2.05) is 6.92 Å². The Hall–Kier alpha value is -1.91. The van der Waals surface area contributed by atoms with Crippen molar-refractivity contribution in [3.05, 3.63) is 29.6 Å². The van der Waals surface area contributed by atoms with Gasteiger partial charge in [0.1, 0.15) is 0 Å². The molecule has 2 unspecified atom stereocenters. The standard InChI is InChI=1S/C15H20N2O3/c1-10-7-8-11(9-16-10)14(18)17-13-6-4-2-3-5-12(13)15(19)20/h7-9,12-13H,2-6H2,1H3,(H,17,18)(H,19,20). The molecule has 2 atom stereocenters. The summed E-state index contributed by atoms with van der Waals surface area (Å²) in [6, 6.07) is 3.20. The van der Waals surface area contributed by atoms with Crippen LogP contribution in [0.1, 0.15) is 48.2 Å². The van der Waals surface area contributed by atoms with E-state index < -0.39 is 11.9 Å². The predicted octanol–water partition coefficient (Wildman–Crippen LogP) is 2.15. The fraction of sp³-hybridized carbons (Fsp3) is 0.533. The minimum Gasteiger partial charge on any atom is -0.481 e. The summed E-state index contributed by atoms with van der Waals surface area (Å²) in [7, 11) is 0. The van der Waals surface area contributed by atoms with Crippen LogP contribution in [0.15, 0.2) is 18.3 Å². The van der Waals surface area contributed by atoms with Crippen LogP contribution >= 0.6 is 0 Å². The Morgan fingerprint density at radius 3 is 2.65 bits per heavy atom. The Kier molecular flexibility index (Phi) is 4.71. The molecule has 0 saturated heterocycles. The molecule has 2 rings (SSSR count). The van der Waals surface area contributed by atoms with E-state index >= 15 is 0 Å². The van der Waals surface area contributed by atoms with Crippen molar-refractivity contribution in [2.24, 2.45) is 5.92 Å². The molecule has 5 nitrogen and oxygen atoms in total. The SMILES string of the molecule is Cc1ccc(C(=O)NC2CCCCCC2C(=O)O)cn1. The van der Waals surface area contributed by atoms with Gasteiger partial charge in [0.05, 0.1) is 11.5 Å². The van der Waals surface area contributed by atoms with E-state index in [9.17, 15) is 14.7 Å². The molecule has 1 aliphatic carbocycles. The highest BCUT2D eigenvalue weighted by Gasteiger charge is 2.30. The number of pyridine rings is 1. The molecule has 108 valence electrons. The minimum atomic E-state index is -0.820. The fourth-order valence-corrected chi connectivity index (χ4v) is 2.63. The Morgan fingerprint density at radius 1 is 1.25 bits per heavy atom. The van der Waals surface area contributed by atoms with Gasteiger partial charge >= 0.3 is 5.97 Å². The molecular weight excluding hydrogens is 256 g/mol. The Balaban J connectivity index is 2.07. The number of rotatable bonds is 3. The maximum Gasteiger partial charge on any atom is 0.308 e. The lowest BCUT2D eigenvalue weighted by atomic mass is 9.94. The van der Waals surface area contributed by atoms with Gasteiger partial charge in [-0.25, -0.2) is 0 Å². The topological polar surface area (TPSA) is 79.3 Å². The van der Waals surface area contributed by atoms with Gasteiger partial charge in [0, 0.05) is 17.9 Å². The number of carboxylic acids is 1. The summed E-state index contributed by atoms with van der Waals surface area (Å²) in [5.41, 5.74) is 1.32. The van der Waals surface area contributed by atoms with Crippen LogP contribution in [0.5, 0.6) is 0 Å². The van der Waals surface area contributed by atoms with Crippen molar-refractivity contribution < 1.29 is 14.7 Å². The molecule has 1 aromatic heterocycles. The molecule has 1 amide bonds. The second kappa shape index (κ2) is 6.50. The highest BCUT2D eigenvalue weighted by atomic mass is 16.4. The van der Waals surface area contributed by atoms with Gasteiger partial charge in [-0.15, -0.1) is 0 Å². The van der Waals surface area contributed by atoms with Crippen molar-refractivity contribution in [1.29, 1.82) is 0 Å². The molecule has 0 spiro atoms. The van der Waals surface area contributed by atoms with Gasteiger partial charge in [-0.3, -0.25) is 14.6 Å². The maximum atomic E-state index is 12.2. The van der Waals surface area contributed by atoms with Gasteiger partial charge < -0.3 is 10.4 Å². The summed E-state index contributed by atoms with van der Waals surface area (Å²) in [4.78, 5) is 27.6. The van der Waals surface area contributed by atoms with Crippen molar-refractivity contribution in [1.82, 2.24) is 10.3 Å². The van der Waals surface area contributed by atoms with E-state index in [1.165, 1.54) is 6.20 Å². The van der Waals surface area contributed by atoms with Gasteiger partial charge in [-0.1, -0.05) is 19.3 Å². The van der Waals surface area contributed by atoms with Crippen molar-refractivity contribution in [3.63, 3.8) is 0 Å². The minimum absolute atomic E-state index is 0.240. The second-order valence-corrected chi connectivity index (χ2v) is 5.35. The molecule has 2 N–H and O–H groups in total. The van der Waals surface area contributed by atoms with Gasteiger partial charge in [-0.2, -0.15) is 0 Å². The summed E-state index contributed by atoms with van der Waals surface area (Å²) >= 11 is 0. The first kappa shape index (κ1) is 14.5. The van der Waals surface area contributed by atoms with Crippen LogP contribution in [0.3, 0.4) is 0 Å². The third-order valence-corrected chi connectivity index (χ3v) is 3.82. The predicted molar refractivity (Wildman–Crippen MR) is 74.4 cm³/mol. The monoisotopic (exact) mass is 276 g/mol. The fourth-order valence-electron chi connectivity index (χ4n) is 2.63. The van der Waals surface area contributed by atoms with Gasteiger partial charge in [0.25, 0.3) is 5.91 Å². The number of amides is 1. The van der Waals surface area contributed by atoms with Gasteiger partial charge in [0.15, 0.2) is 0 Å². The van der Waals surface area contributed by atoms with E-state index in [2.05, 4.69) is 10.3 Å². The number of aryl methyl sites for hydroxylation is 1. The first-order valence-corrected chi connectivity index (χ1v) is 7.04. The number of carbonyl (C=O) groups excluding carboxylic acids is 1. The van der Waals surface area contributed by atoms with Crippen LogP contribution in [0.2, 0.25) is 0 Å². The first-order valence-electron chi connectivity index (χ1n) is 7.04. The molecule has 1 fully saturated rings. The number of hydrogen-bond donors (Lipinski definition) is 2. The average molecular weight is 276 g/mol. The van der Waals surface area contributed by atoms with E-state index in [0.717, 1.165) is 31.4 Å². The zero-order valence-corrected chi connectivity index (χ0v) is 11.6. The van der Waals surface area contributed by atoms with Gasteiger partial charge in [-0.05, 0) is 31.9 Å². The maximum absolute atomic E-state index is 12.2. The van der Waals surface area contributed by atoms with Crippen LogP contribution < -0.4 is 5.32 Å². The second-order valence-electron chi connectivity index (χ2n) is 5.35. The van der Waals surface area contributed by atoms with Crippen molar-refractivity contribution in [2.45, 2.75) is 45.1 Å². The molecule has 0 radical (unpaired) electrons. The highest BCUT2D eigenvalue weighted by molar-refractivity contribution is 5.94. The lowest BCUT2D eigenvalue weighted by molar-refractivity contribution is -0.142. The quantitative estimate of drug-likeness (QED) is 0.829. The molecule has 5 heteroatoms. The number of hydrogen-bond acceptors (Lipinski definition) is 3. The molecule has 1 saturated carbocycles. The van der Waals surface area contributed by atoms with E-state index in [4.69, 9.17) is 0 Å². The van der Waals surface area contributed by atoms with Crippen LogP contribution in [-0.2, 0) is 4.79 Å². The number of carbonyl (C=O) groups is 2. The van der Waals surface area contributed by atoms with Crippen LogP contribution in [0.4, 0.5) is 0 Å². The number of aromatic nitrogens is 1. The van der Waals surface area contributed by atoms with E-state index in [-0.39, 0.29) is 11.9 Å². The number of aliphatic carboxylic acids is 1. The summed E-state index contributed by atoms with van der Waals surface area (Å²) in [5, 5.41) is 12.2. The van der Waals surface area contributed by atoms with Crippen LogP contribution in [0, 0.1) is 12.8 Å². The molecule has 1 aromatic rings. The molecule has 1 aliphatic rings. The Bertz CT molecular complexity index is 484. The third kappa shape index (κ3) is 3.56. The first-order chi connectivity index (χ1) is 9.58. The molecule has 0 aromatic carbocycles. The van der Waals surface area contributed by atoms with Crippen LogP contribution in [0.25, 0.3) is 0 Å². The Morgan fingerprint density at radius 2 is 2.00 bits per heavy atom. The van der Waals surface area contributed by atoms with Crippen molar-refractivity contribution in [2.75, 3.05) is 0 Å². The Labute approximate surface area is 118 Å². The van der Waals surface area contributed by atoms with Crippen molar-refractivity contribution in [3.8, 4) is 0 Å².